The van der Waals surface area contributed by atoms with Crippen molar-refractivity contribution in [3.63, 3.8) is 0 Å². The zero-order valence-electron chi connectivity index (χ0n) is 24.1. The van der Waals surface area contributed by atoms with E-state index in [0.29, 0.717) is 35.9 Å². The smallest absolute Gasteiger partial charge is 0.270 e. The molecule has 0 atom stereocenters. The Hall–Kier alpha value is -4.73. The summed E-state index contributed by atoms with van der Waals surface area (Å²) in [4.78, 5) is 49.8. The molecule has 2 heterocycles. The lowest BCUT2D eigenvalue weighted by Crippen LogP contribution is -2.35. The Bertz CT molecular complexity index is 1650. The van der Waals surface area contributed by atoms with E-state index in [0.717, 1.165) is 48.0 Å². The van der Waals surface area contributed by atoms with Gasteiger partial charge in [-0.15, -0.1) is 0 Å². The number of nitrogens with one attached hydrogen (secondary N) is 3. The summed E-state index contributed by atoms with van der Waals surface area (Å²) in [5.74, 6) is -0.220. The predicted molar refractivity (Wildman–Crippen MR) is 163 cm³/mol. The van der Waals surface area contributed by atoms with E-state index >= 15 is 0 Å². The minimum Gasteiger partial charge on any atom is -0.343 e. The van der Waals surface area contributed by atoms with Crippen LogP contribution in [0.2, 0.25) is 0 Å². The van der Waals surface area contributed by atoms with Crippen LogP contribution in [-0.2, 0) is 9.59 Å². The van der Waals surface area contributed by atoms with Crippen LogP contribution in [0.5, 0.6) is 0 Å². The second-order valence-electron chi connectivity index (χ2n) is 11.6. The van der Waals surface area contributed by atoms with Crippen LogP contribution in [0.25, 0.3) is 11.0 Å². The molecule has 0 saturated heterocycles. The number of fused-ring (bicyclic) bond motifs is 1. The van der Waals surface area contributed by atoms with Crippen molar-refractivity contribution in [1.82, 2.24) is 19.4 Å². The molecule has 0 spiro atoms. The third-order valence-electron chi connectivity index (χ3n) is 8.22. The minimum absolute atomic E-state index is 0.0485. The fraction of sp³-hybridized carbons (Fsp3) is 0.344. The molecule has 4 aromatic rings. The molecule has 2 aromatic carbocycles. The van der Waals surface area contributed by atoms with Crippen LogP contribution in [0.4, 0.5) is 23.0 Å². The molecule has 42 heavy (non-hydrogen) atoms. The van der Waals surface area contributed by atoms with E-state index < -0.39 is 5.41 Å². The summed E-state index contributed by atoms with van der Waals surface area (Å²) >= 11 is 0. The van der Waals surface area contributed by atoms with Crippen LogP contribution in [0.15, 0.2) is 60.8 Å². The molecule has 10 nitrogen and oxygen atoms in total. The van der Waals surface area contributed by atoms with Crippen LogP contribution in [0, 0.1) is 12.3 Å². The first kappa shape index (κ1) is 27.4. The van der Waals surface area contributed by atoms with Gasteiger partial charge in [-0.05, 0) is 75.1 Å². The molecule has 0 unspecified atom stereocenters. The topological polar surface area (TPSA) is 121 Å². The Morgan fingerprint density at radius 2 is 1.45 bits per heavy atom. The van der Waals surface area contributed by atoms with Gasteiger partial charge in [0.1, 0.15) is 16.8 Å². The van der Waals surface area contributed by atoms with Crippen LogP contribution in [0.1, 0.15) is 60.6 Å². The largest absolute Gasteiger partial charge is 0.343 e. The van der Waals surface area contributed by atoms with E-state index in [-0.39, 0.29) is 23.8 Å². The normalized spacial score (nSPS) is 15.8. The second-order valence-corrected chi connectivity index (χ2v) is 11.6. The SMILES string of the molecule is Cc1ccc(NC(=O)C2(C(=O)Nc3ccc(Nc4ncc5cc(C(=O)N(C)C)n(C6CCCC6)c5n4)cc3)CC2)cc1. The molecule has 2 aliphatic rings. The summed E-state index contributed by atoms with van der Waals surface area (Å²) in [7, 11) is 3.52. The number of carbonyl (C=O) groups excluding carboxylic acids is 3. The van der Waals surface area contributed by atoms with Gasteiger partial charge in [0.05, 0.1) is 0 Å². The molecule has 2 aromatic heterocycles. The fourth-order valence-electron chi connectivity index (χ4n) is 5.58. The Labute approximate surface area is 244 Å². The number of hydrogen-bond donors (Lipinski definition) is 3. The molecule has 0 aliphatic heterocycles. The van der Waals surface area contributed by atoms with Gasteiger partial charge >= 0.3 is 0 Å². The Balaban J connectivity index is 1.15. The summed E-state index contributed by atoms with van der Waals surface area (Å²) in [6.45, 7) is 1.98. The summed E-state index contributed by atoms with van der Waals surface area (Å²) < 4.78 is 2.08. The number of amides is 3. The average Bonchev–Trinajstić information content (AvgIpc) is 3.47. The van der Waals surface area contributed by atoms with Crippen molar-refractivity contribution in [1.29, 1.82) is 0 Å². The van der Waals surface area contributed by atoms with Crippen molar-refractivity contribution < 1.29 is 14.4 Å². The number of aromatic nitrogens is 3. The molecule has 6 rings (SSSR count). The Morgan fingerprint density at radius 1 is 0.881 bits per heavy atom. The number of nitrogens with zero attached hydrogens (tertiary/aromatic N) is 4. The van der Waals surface area contributed by atoms with Crippen LogP contribution in [-0.4, -0.2) is 51.3 Å². The van der Waals surface area contributed by atoms with Gasteiger partial charge in [-0.25, -0.2) is 4.98 Å². The molecular formula is C32H35N7O3. The summed E-state index contributed by atoms with van der Waals surface area (Å²) in [5.41, 5.74) is 3.44. The van der Waals surface area contributed by atoms with Gasteiger partial charge in [-0.2, -0.15) is 4.98 Å². The molecule has 2 fully saturated rings. The van der Waals surface area contributed by atoms with Crippen molar-refractivity contribution in [2.45, 2.75) is 51.5 Å². The van der Waals surface area contributed by atoms with E-state index in [2.05, 4.69) is 25.5 Å². The summed E-state index contributed by atoms with van der Waals surface area (Å²) in [6, 6.07) is 16.8. The molecule has 3 N–H and O–H groups in total. The highest BCUT2D eigenvalue weighted by atomic mass is 16.2. The Morgan fingerprint density at radius 3 is 2.02 bits per heavy atom. The summed E-state index contributed by atoms with van der Waals surface area (Å²) in [5, 5.41) is 9.84. The third-order valence-corrected chi connectivity index (χ3v) is 8.22. The molecule has 2 saturated carbocycles. The van der Waals surface area contributed by atoms with Gasteiger partial charge in [0.25, 0.3) is 5.91 Å². The maximum Gasteiger partial charge on any atom is 0.270 e. The van der Waals surface area contributed by atoms with Gasteiger partial charge in [0, 0.05) is 48.8 Å². The van der Waals surface area contributed by atoms with Crippen molar-refractivity contribution >= 4 is 51.8 Å². The monoisotopic (exact) mass is 565 g/mol. The Kier molecular flexibility index (Phi) is 7.14. The van der Waals surface area contributed by atoms with E-state index in [9.17, 15) is 14.4 Å². The van der Waals surface area contributed by atoms with Gasteiger partial charge in [0.15, 0.2) is 0 Å². The van der Waals surface area contributed by atoms with E-state index in [1.165, 1.54) is 0 Å². The molecule has 0 radical (unpaired) electrons. The first-order chi connectivity index (χ1) is 20.2. The number of aryl methyl sites for hydroxylation is 1. The van der Waals surface area contributed by atoms with Gasteiger partial charge < -0.3 is 25.4 Å². The zero-order chi connectivity index (χ0) is 29.4. The van der Waals surface area contributed by atoms with Gasteiger partial charge in [-0.3, -0.25) is 14.4 Å². The standard InChI is InChI=1S/C32H35N7O3/c1-20-8-10-22(11-9-20)34-29(41)32(16-17-32)30(42)35-23-12-14-24(15-13-23)36-31-33-19-21-18-26(28(40)38(2)3)39(27(21)37-31)25-6-4-5-7-25/h8-15,18-19,25H,4-7,16-17H2,1-3H3,(H,34,41)(H,35,42)(H,33,36,37). The predicted octanol–water partition coefficient (Wildman–Crippen LogP) is 5.66. The lowest BCUT2D eigenvalue weighted by molar-refractivity contribution is -0.131. The van der Waals surface area contributed by atoms with E-state index in [4.69, 9.17) is 4.98 Å². The number of rotatable bonds is 8. The molecule has 10 heteroatoms. The lowest BCUT2D eigenvalue weighted by atomic mass is 10.0. The molecule has 0 bridgehead atoms. The number of hydrogen-bond acceptors (Lipinski definition) is 6. The highest BCUT2D eigenvalue weighted by Crippen LogP contribution is 2.47. The van der Waals surface area contributed by atoms with Crippen LogP contribution in [0.3, 0.4) is 0 Å². The molecule has 3 amide bonds. The lowest BCUT2D eigenvalue weighted by Gasteiger charge is -2.19. The maximum absolute atomic E-state index is 13.1. The van der Waals surface area contributed by atoms with E-state index in [1.807, 2.05) is 49.4 Å². The number of carbonyl (C=O) groups is 3. The van der Waals surface area contributed by atoms with Crippen LogP contribution < -0.4 is 16.0 Å². The van der Waals surface area contributed by atoms with Gasteiger partial charge in [0.2, 0.25) is 17.8 Å². The first-order valence-electron chi connectivity index (χ1n) is 14.4. The third kappa shape index (κ3) is 5.32. The van der Waals surface area contributed by atoms with Crippen molar-refractivity contribution in [2.24, 2.45) is 5.41 Å². The fourth-order valence-corrected chi connectivity index (χ4v) is 5.58. The molecular weight excluding hydrogens is 530 g/mol. The molecule has 2 aliphatic carbocycles. The number of benzene rings is 2. The maximum atomic E-state index is 13.1. The van der Waals surface area contributed by atoms with Gasteiger partial charge in [-0.1, -0.05) is 30.5 Å². The molecule has 216 valence electrons. The quantitative estimate of drug-likeness (QED) is 0.237. The van der Waals surface area contributed by atoms with E-state index in [1.54, 1.807) is 37.3 Å². The highest BCUT2D eigenvalue weighted by molar-refractivity contribution is 6.17. The minimum atomic E-state index is -1.05. The van der Waals surface area contributed by atoms with Crippen molar-refractivity contribution in [3.8, 4) is 0 Å². The average molecular weight is 566 g/mol. The van der Waals surface area contributed by atoms with Crippen molar-refractivity contribution in [3.05, 3.63) is 72.1 Å². The van der Waals surface area contributed by atoms with Crippen LogP contribution >= 0.6 is 0 Å². The first-order valence-corrected chi connectivity index (χ1v) is 14.4. The summed E-state index contributed by atoms with van der Waals surface area (Å²) in [6.07, 6.45) is 7.09. The zero-order valence-corrected chi connectivity index (χ0v) is 24.1. The highest BCUT2D eigenvalue weighted by Gasteiger charge is 2.56. The second kappa shape index (κ2) is 10.9. The van der Waals surface area contributed by atoms with Crippen molar-refractivity contribution in [2.75, 3.05) is 30.0 Å². The number of anilines is 4.